The highest BCUT2D eigenvalue weighted by molar-refractivity contribution is 6.41. The number of carbonyl (C=O) groups is 1. The molecule has 3 rings (SSSR count). The maximum atomic E-state index is 12.2. The van der Waals surface area contributed by atoms with Crippen LogP contribution in [0.1, 0.15) is 10.4 Å². The molecule has 0 aliphatic carbocycles. The third-order valence-electron chi connectivity index (χ3n) is 3.06. The topological polar surface area (TPSA) is 85.6 Å². The van der Waals surface area contributed by atoms with Crippen molar-refractivity contribution in [3.05, 3.63) is 52.3 Å². The lowest BCUT2D eigenvalue weighted by atomic mass is 10.2. The number of carbonyl (C=O) groups excluding carboxylic acids is 1. The number of halogens is 2. The Balaban J connectivity index is 1.84. The molecule has 1 aromatic carbocycles. The maximum Gasteiger partial charge on any atom is 0.257 e. The number of aryl methyl sites for hydroxylation is 1. The maximum absolute atomic E-state index is 12.2. The average molecular weight is 349 g/mol. The molecular weight excluding hydrogens is 339 g/mol. The van der Waals surface area contributed by atoms with Gasteiger partial charge in [0.2, 0.25) is 0 Å². The van der Waals surface area contributed by atoms with Crippen LogP contribution in [0.5, 0.6) is 0 Å². The van der Waals surface area contributed by atoms with Gasteiger partial charge in [0.25, 0.3) is 5.91 Å². The molecule has 0 bridgehead atoms. The molecule has 116 valence electrons. The molecule has 0 spiro atoms. The summed E-state index contributed by atoms with van der Waals surface area (Å²) in [5.74, 6) is 0.251. The van der Waals surface area contributed by atoms with Crippen molar-refractivity contribution in [3.63, 3.8) is 0 Å². The van der Waals surface area contributed by atoms with E-state index in [0.717, 1.165) is 5.56 Å². The van der Waals surface area contributed by atoms with Crippen LogP contribution in [0.3, 0.4) is 0 Å². The highest BCUT2D eigenvalue weighted by Gasteiger charge is 2.11. The molecule has 0 aliphatic heterocycles. The number of anilines is 1. The van der Waals surface area contributed by atoms with E-state index in [0.29, 0.717) is 17.1 Å². The van der Waals surface area contributed by atoms with Crippen LogP contribution in [0.4, 0.5) is 5.69 Å². The minimum atomic E-state index is -0.343. The second-order valence-electron chi connectivity index (χ2n) is 4.66. The van der Waals surface area contributed by atoms with Gasteiger partial charge >= 0.3 is 0 Å². The summed E-state index contributed by atoms with van der Waals surface area (Å²) in [5, 5.41) is 14.5. The highest BCUT2D eigenvalue weighted by atomic mass is 35.5. The van der Waals surface area contributed by atoms with E-state index in [2.05, 4.69) is 25.8 Å². The van der Waals surface area contributed by atoms with Crippen molar-refractivity contribution in [2.75, 3.05) is 5.32 Å². The van der Waals surface area contributed by atoms with Crippen molar-refractivity contribution >= 4 is 34.8 Å². The molecule has 0 aliphatic rings. The predicted octanol–water partition coefficient (Wildman–Crippen LogP) is 2.83. The van der Waals surface area contributed by atoms with Crippen LogP contribution in [0.25, 0.3) is 11.4 Å². The monoisotopic (exact) mass is 348 g/mol. The smallest absolute Gasteiger partial charge is 0.257 e. The molecule has 0 fully saturated rings. The second-order valence-corrected chi connectivity index (χ2v) is 5.42. The molecular formula is C14H10Cl2N6O. The zero-order chi connectivity index (χ0) is 16.4. The zero-order valence-electron chi connectivity index (χ0n) is 11.9. The Hall–Kier alpha value is -2.51. The summed E-state index contributed by atoms with van der Waals surface area (Å²) >= 11 is 11.6. The van der Waals surface area contributed by atoms with Gasteiger partial charge in [0.1, 0.15) is 5.15 Å². The van der Waals surface area contributed by atoms with Gasteiger partial charge in [0.05, 0.1) is 10.6 Å². The van der Waals surface area contributed by atoms with Crippen LogP contribution in [-0.2, 0) is 7.05 Å². The predicted molar refractivity (Wildman–Crippen MR) is 86.4 cm³/mol. The standard InChI is InChI=1S/C14H10Cl2N6O/c1-22-13(19-20-21-22)8-3-2-4-10(5-8)18-14(23)9-6-11(15)12(16)17-7-9/h2-7H,1H3,(H,18,23). The number of benzene rings is 1. The highest BCUT2D eigenvalue weighted by Crippen LogP contribution is 2.22. The summed E-state index contributed by atoms with van der Waals surface area (Å²) in [6, 6.07) is 8.64. The number of nitrogens with one attached hydrogen (secondary N) is 1. The number of amides is 1. The van der Waals surface area contributed by atoms with Gasteiger partial charge in [-0.05, 0) is 28.6 Å². The quantitative estimate of drug-likeness (QED) is 0.735. The van der Waals surface area contributed by atoms with Gasteiger partial charge in [-0.2, -0.15) is 0 Å². The molecule has 1 N–H and O–H groups in total. The normalized spacial score (nSPS) is 10.6. The summed E-state index contributed by atoms with van der Waals surface area (Å²) in [4.78, 5) is 16.1. The molecule has 9 heteroatoms. The van der Waals surface area contributed by atoms with Gasteiger partial charge in [0, 0.05) is 24.5 Å². The second kappa shape index (κ2) is 6.31. The number of rotatable bonds is 3. The minimum Gasteiger partial charge on any atom is -0.322 e. The number of tetrazole rings is 1. The van der Waals surface area contributed by atoms with Crippen LogP contribution in [0.2, 0.25) is 10.2 Å². The van der Waals surface area contributed by atoms with Crippen molar-refractivity contribution in [2.45, 2.75) is 0 Å². The number of pyridine rings is 1. The van der Waals surface area contributed by atoms with Gasteiger partial charge in [-0.15, -0.1) is 5.10 Å². The van der Waals surface area contributed by atoms with Gasteiger partial charge in [0.15, 0.2) is 5.82 Å². The van der Waals surface area contributed by atoms with Crippen LogP contribution in [-0.4, -0.2) is 31.1 Å². The largest absolute Gasteiger partial charge is 0.322 e. The first-order valence-corrected chi connectivity index (χ1v) is 7.25. The Morgan fingerprint density at radius 3 is 2.78 bits per heavy atom. The average Bonchev–Trinajstić information content (AvgIpc) is 2.96. The lowest BCUT2D eigenvalue weighted by Crippen LogP contribution is -2.12. The van der Waals surface area contributed by atoms with Gasteiger partial charge in [-0.1, -0.05) is 35.3 Å². The molecule has 0 unspecified atom stereocenters. The third kappa shape index (κ3) is 3.30. The molecule has 3 aromatic rings. The van der Waals surface area contributed by atoms with Crippen LogP contribution < -0.4 is 5.32 Å². The molecule has 0 radical (unpaired) electrons. The third-order valence-corrected chi connectivity index (χ3v) is 3.74. The molecule has 2 aromatic heterocycles. The number of hydrogen-bond acceptors (Lipinski definition) is 5. The zero-order valence-corrected chi connectivity index (χ0v) is 13.4. The summed E-state index contributed by atoms with van der Waals surface area (Å²) in [5.41, 5.74) is 1.69. The van der Waals surface area contributed by atoms with Crippen molar-refractivity contribution in [1.82, 2.24) is 25.2 Å². The molecule has 7 nitrogen and oxygen atoms in total. The van der Waals surface area contributed by atoms with Gasteiger partial charge < -0.3 is 5.32 Å². The molecule has 0 saturated heterocycles. The Morgan fingerprint density at radius 2 is 2.09 bits per heavy atom. The summed E-state index contributed by atoms with van der Waals surface area (Å²) in [6.45, 7) is 0. The van der Waals surface area contributed by atoms with E-state index in [1.54, 1.807) is 29.9 Å². The van der Waals surface area contributed by atoms with Crippen molar-refractivity contribution in [2.24, 2.45) is 7.05 Å². The lowest BCUT2D eigenvalue weighted by molar-refractivity contribution is 0.102. The van der Waals surface area contributed by atoms with E-state index < -0.39 is 0 Å². The first-order valence-electron chi connectivity index (χ1n) is 6.50. The van der Waals surface area contributed by atoms with Gasteiger partial charge in [-0.3, -0.25) is 4.79 Å². The molecule has 0 atom stereocenters. The number of nitrogens with zero attached hydrogens (tertiary/aromatic N) is 5. The van der Waals surface area contributed by atoms with Gasteiger partial charge in [-0.25, -0.2) is 9.67 Å². The number of aromatic nitrogens is 5. The van der Waals surface area contributed by atoms with Crippen LogP contribution in [0.15, 0.2) is 36.5 Å². The Bertz CT molecular complexity index is 879. The fourth-order valence-electron chi connectivity index (χ4n) is 1.96. The summed E-state index contributed by atoms with van der Waals surface area (Å²) < 4.78 is 1.55. The molecule has 23 heavy (non-hydrogen) atoms. The Kier molecular flexibility index (Phi) is 4.22. The van der Waals surface area contributed by atoms with Crippen molar-refractivity contribution in [1.29, 1.82) is 0 Å². The molecule has 1 amide bonds. The van der Waals surface area contributed by atoms with Crippen molar-refractivity contribution in [3.8, 4) is 11.4 Å². The van der Waals surface area contributed by atoms with Crippen LogP contribution >= 0.6 is 23.2 Å². The first kappa shape index (κ1) is 15.4. The van der Waals surface area contributed by atoms with E-state index in [9.17, 15) is 4.79 Å². The van der Waals surface area contributed by atoms with E-state index in [4.69, 9.17) is 23.2 Å². The fourth-order valence-corrected chi connectivity index (χ4v) is 2.23. The minimum absolute atomic E-state index is 0.153. The molecule has 0 saturated carbocycles. The first-order chi connectivity index (χ1) is 11.0. The van der Waals surface area contributed by atoms with E-state index in [1.807, 2.05) is 6.07 Å². The van der Waals surface area contributed by atoms with Crippen LogP contribution in [0, 0.1) is 0 Å². The van der Waals surface area contributed by atoms with E-state index in [-0.39, 0.29) is 16.1 Å². The fraction of sp³-hybridized carbons (Fsp3) is 0.0714. The summed E-state index contributed by atoms with van der Waals surface area (Å²) in [6.07, 6.45) is 1.36. The Morgan fingerprint density at radius 1 is 1.26 bits per heavy atom. The summed E-state index contributed by atoms with van der Waals surface area (Å²) in [7, 11) is 1.74. The SMILES string of the molecule is Cn1nnnc1-c1cccc(NC(=O)c2cnc(Cl)c(Cl)c2)c1. The van der Waals surface area contributed by atoms with E-state index >= 15 is 0 Å². The molecule has 2 heterocycles. The lowest BCUT2D eigenvalue weighted by Gasteiger charge is -2.07. The van der Waals surface area contributed by atoms with Crippen molar-refractivity contribution < 1.29 is 4.79 Å². The number of hydrogen-bond donors (Lipinski definition) is 1. The Labute approximate surface area is 141 Å². The van der Waals surface area contributed by atoms with E-state index in [1.165, 1.54) is 12.3 Å².